The molecule has 3 aromatic rings. The van der Waals surface area contributed by atoms with Gasteiger partial charge in [-0.15, -0.1) is 24.0 Å². The number of hydrogen-bond acceptors (Lipinski definition) is 5. The summed E-state index contributed by atoms with van der Waals surface area (Å²) in [5, 5.41) is 11.0. The third-order valence-electron chi connectivity index (χ3n) is 5.36. The topological polar surface area (TPSA) is 78.8 Å². The zero-order chi connectivity index (χ0) is 22.8. The highest BCUT2D eigenvalue weighted by molar-refractivity contribution is 14.0. The van der Waals surface area contributed by atoms with E-state index in [0.29, 0.717) is 13.1 Å². The molecule has 0 atom stereocenters. The van der Waals surface area contributed by atoms with E-state index in [4.69, 9.17) is 13.9 Å². The van der Waals surface area contributed by atoms with Crippen LogP contribution in [-0.4, -0.2) is 29.6 Å². The molecule has 0 bridgehead atoms. The highest BCUT2D eigenvalue weighted by Gasteiger charge is 2.14. The molecular weight excluding hydrogens is 529 g/mol. The Morgan fingerprint density at radius 2 is 1.79 bits per heavy atom. The molecule has 0 aliphatic carbocycles. The van der Waals surface area contributed by atoms with Gasteiger partial charge in [-0.1, -0.05) is 43.3 Å². The first kappa shape index (κ1) is 26.9. The van der Waals surface area contributed by atoms with Crippen LogP contribution in [0.5, 0.6) is 0 Å². The molecule has 0 fully saturated rings. The zero-order valence-corrected chi connectivity index (χ0v) is 22.4. The standard InChI is InChI=1S/C25H35N5O2.HI/c1-5-23-22(24(6-2)32-29-23)16-28-25(26-7-3)27-15-19-11-8-9-12-20(19)17-30(4)18-21-13-10-14-31-21;/h8-14H,5-7,15-18H2,1-4H3,(H2,26,27,28);1H. The molecule has 180 valence electrons. The smallest absolute Gasteiger partial charge is 0.191 e. The molecule has 0 saturated carbocycles. The van der Waals surface area contributed by atoms with Crippen LogP contribution in [0.3, 0.4) is 0 Å². The van der Waals surface area contributed by atoms with E-state index in [1.807, 2.05) is 12.1 Å². The molecule has 0 aliphatic rings. The Bertz CT molecular complexity index is 963. The molecule has 2 N–H and O–H groups in total. The number of hydrogen-bond donors (Lipinski definition) is 2. The maximum atomic E-state index is 5.49. The quantitative estimate of drug-likeness (QED) is 0.196. The molecule has 0 saturated heterocycles. The lowest BCUT2D eigenvalue weighted by Crippen LogP contribution is -2.37. The number of nitrogens with zero attached hydrogens (tertiary/aromatic N) is 3. The van der Waals surface area contributed by atoms with E-state index in [1.165, 1.54) is 11.1 Å². The molecule has 0 amide bonds. The summed E-state index contributed by atoms with van der Waals surface area (Å²) in [6, 6.07) is 12.4. The van der Waals surface area contributed by atoms with Crippen LogP contribution in [0, 0.1) is 0 Å². The van der Waals surface area contributed by atoms with Crippen molar-refractivity contribution in [1.29, 1.82) is 0 Å². The molecule has 7 nitrogen and oxygen atoms in total. The summed E-state index contributed by atoms with van der Waals surface area (Å²) in [4.78, 5) is 7.09. The van der Waals surface area contributed by atoms with Crippen LogP contribution in [0.4, 0.5) is 0 Å². The second-order valence-corrected chi connectivity index (χ2v) is 7.81. The summed E-state index contributed by atoms with van der Waals surface area (Å²) in [6.45, 7) is 9.90. The first-order valence-corrected chi connectivity index (χ1v) is 11.4. The van der Waals surface area contributed by atoms with E-state index in [0.717, 1.165) is 61.2 Å². The van der Waals surface area contributed by atoms with Gasteiger partial charge in [-0.2, -0.15) is 0 Å². The summed E-state index contributed by atoms with van der Waals surface area (Å²) in [7, 11) is 2.10. The Hall–Kier alpha value is -2.33. The second-order valence-electron chi connectivity index (χ2n) is 7.81. The van der Waals surface area contributed by atoms with Gasteiger partial charge in [-0.3, -0.25) is 4.90 Å². The number of aryl methyl sites for hydroxylation is 2. The number of aromatic nitrogens is 1. The zero-order valence-electron chi connectivity index (χ0n) is 20.1. The number of halogens is 1. The van der Waals surface area contributed by atoms with Gasteiger partial charge in [-0.25, -0.2) is 4.99 Å². The number of benzene rings is 1. The summed E-state index contributed by atoms with van der Waals surface area (Å²) >= 11 is 0. The average molecular weight is 566 g/mol. The third-order valence-corrected chi connectivity index (χ3v) is 5.36. The fraction of sp³-hybridized carbons (Fsp3) is 0.440. The van der Waals surface area contributed by atoms with Gasteiger partial charge in [0.25, 0.3) is 0 Å². The van der Waals surface area contributed by atoms with Gasteiger partial charge < -0.3 is 19.6 Å². The first-order chi connectivity index (χ1) is 15.6. The van der Waals surface area contributed by atoms with E-state index in [1.54, 1.807) is 6.26 Å². The minimum absolute atomic E-state index is 0. The monoisotopic (exact) mass is 565 g/mol. The number of guanidine groups is 1. The lowest BCUT2D eigenvalue weighted by molar-refractivity contribution is 0.287. The first-order valence-electron chi connectivity index (χ1n) is 11.4. The van der Waals surface area contributed by atoms with Gasteiger partial charge in [0.05, 0.1) is 25.0 Å². The summed E-state index contributed by atoms with van der Waals surface area (Å²) in [5.74, 6) is 2.69. The highest BCUT2D eigenvalue weighted by atomic mass is 127. The lowest BCUT2D eigenvalue weighted by atomic mass is 10.1. The van der Waals surface area contributed by atoms with Crippen LogP contribution >= 0.6 is 24.0 Å². The van der Waals surface area contributed by atoms with Crippen molar-refractivity contribution < 1.29 is 8.94 Å². The van der Waals surface area contributed by atoms with Crippen molar-refractivity contribution in [3.8, 4) is 0 Å². The summed E-state index contributed by atoms with van der Waals surface area (Å²) in [5.41, 5.74) is 4.63. The van der Waals surface area contributed by atoms with Gasteiger partial charge in [0.1, 0.15) is 11.5 Å². The van der Waals surface area contributed by atoms with E-state index in [9.17, 15) is 0 Å². The Kier molecular flexibility index (Phi) is 11.5. The highest BCUT2D eigenvalue weighted by Crippen LogP contribution is 2.16. The molecule has 0 unspecified atom stereocenters. The van der Waals surface area contributed by atoms with Crippen molar-refractivity contribution in [3.63, 3.8) is 0 Å². The second kappa shape index (κ2) is 14.0. The van der Waals surface area contributed by atoms with E-state index < -0.39 is 0 Å². The Morgan fingerprint density at radius 3 is 2.45 bits per heavy atom. The normalized spacial score (nSPS) is 11.5. The predicted molar refractivity (Wildman–Crippen MR) is 143 cm³/mol. The number of nitrogens with one attached hydrogen (secondary N) is 2. The third kappa shape index (κ3) is 7.89. The number of furan rings is 1. The summed E-state index contributed by atoms with van der Waals surface area (Å²) in [6.07, 6.45) is 3.40. The number of rotatable bonds is 11. The molecule has 2 heterocycles. The molecule has 0 aliphatic heterocycles. The lowest BCUT2D eigenvalue weighted by Gasteiger charge is -2.18. The van der Waals surface area contributed by atoms with Gasteiger partial charge in [-0.05, 0) is 43.7 Å². The van der Waals surface area contributed by atoms with E-state index >= 15 is 0 Å². The molecule has 2 aromatic heterocycles. The van der Waals surface area contributed by atoms with Gasteiger partial charge >= 0.3 is 0 Å². The van der Waals surface area contributed by atoms with Crippen LogP contribution in [-0.2, 0) is 39.0 Å². The van der Waals surface area contributed by atoms with Crippen molar-refractivity contribution >= 4 is 29.9 Å². The SMILES string of the molecule is CCNC(=NCc1ccccc1CN(C)Cc1ccco1)NCc1c(CC)noc1CC.I. The maximum Gasteiger partial charge on any atom is 0.191 e. The van der Waals surface area contributed by atoms with E-state index in [-0.39, 0.29) is 24.0 Å². The Morgan fingerprint density at radius 1 is 1.00 bits per heavy atom. The molecule has 0 radical (unpaired) electrons. The van der Waals surface area contributed by atoms with Gasteiger partial charge in [0.2, 0.25) is 0 Å². The maximum absolute atomic E-state index is 5.49. The van der Waals surface area contributed by atoms with Crippen molar-refractivity contribution in [3.05, 3.63) is 76.6 Å². The molecule has 8 heteroatoms. The summed E-state index contributed by atoms with van der Waals surface area (Å²) < 4.78 is 11.0. The Balaban J connectivity index is 0.00000385. The molecule has 33 heavy (non-hydrogen) atoms. The van der Waals surface area contributed by atoms with Gasteiger partial charge in [0.15, 0.2) is 5.96 Å². The minimum Gasteiger partial charge on any atom is -0.468 e. The van der Waals surface area contributed by atoms with Crippen molar-refractivity contribution in [2.24, 2.45) is 4.99 Å². The van der Waals surface area contributed by atoms with Crippen LogP contribution in [0.1, 0.15) is 54.7 Å². The average Bonchev–Trinajstić information content (AvgIpc) is 3.45. The fourth-order valence-corrected chi connectivity index (χ4v) is 3.70. The Labute approximate surface area is 214 Å². The van der Waals surface area contributed by atoms with Crippen LogP contribution in [0.15, 0.2) is 56.6 Å². The van der Waals surface area contributed by atoms with Crippen LogP contribution in [0.25, 0.3) is 0 Å². The minimum atomic E-state index is 0. The van der Waals surface area contributed by atoms with Crippen LogP contribution < -0.4 is 10.6 Å². The fourth-order valence-electron chi connectivity index (χ4n) is 3.70. The molecule has 0 spiro atoms. The van der Waals surface area contributed by atoms with Gasteiger partial charge in [0, 0.05) is 31.6 Å². The largest absolute Gasteiger partial charge is 0.468 e. The van der Waals surface area contributed by atoms with Crippen LogP contribution in [0.2, 0.25) is 0 Å². The van der Waals surface area contributed by atoms with Crippen molar-refractivity contribution in [2.45, 2.75) is 59.8 Å². The van der Waals surface area contributed by atoms with Crippen molar-refractivity contribution in [1.82, 2.24) is 20.7 Å². The van der Waals surface area contributed by atoms with E-state index in [2.05, 4.69) is 72.8 Å². The molecule has 1 aromatic carbocycles. The molecule has 3 rings (SSSR count). The number of aliphatic imine (C=N–C) groups is 1. The predicted octanol–water partition coefficient (Wildman–Crippen LogP) is 4.90. The van der Waals surface area contributed by atoms with Crippen molar-refractivity contribution in [2.75, 3.05) is 13.6 Å². The molecular formula is C25H36IN5O2.